The Morgan fingerprint density at radius 1 is 1.42 bits per heavy atom. The lowest BCUT2D eigenvalue weighted by Gasteiger charge is -2.12. The Bertz CT molecular complexity index is 477. The molecule has 0 radical (unpaired) electrons. The fourth-order valence-electron chi connectivity index (χ4n) is 1.49. The second-order valence-electron chi connectivity index (χ2n) is 4.20. The molecule has 1 aromatic rings. The highest BCUT2D eigenvalue weighted by Crippen LogP contribution is 2.15. The predicted molar refractivity (Wildman–Crippen MR) is 69.7 cm³/mol. The first-order valence-electron chi connectivity index (χ1n) is 6.00. The molecule has 0 aliphatic heterocycles. The lowest BCUT2D eigenvalue weighted by molar-refractivity contribution is -0.119. The SMILES string of the molecule is CCNCC(C)C(=O)Nc1ccc(C(=O)O)c(F)c1. The standard InChI is InChI=1S/C13H17FN2O3/c1-3-15-7-8(2)12(17)16-9-4-5-10(13(18)19)11(14)6-9/h4-6,8,15H,3,7H2,1-2H3,(H,16,17)(H,18,19). The van der Waals surface area contributed by atoms with Gasteiger partial charge in [0, 0.05) is 18.2 Å². The molecule has 0 aliphatic carbocycles. The zero-order valence-corrected chi connectivity index (χ0v) is 10.9. The highest BCUT2D eigenvalue weighted by Gasteiger charge is 2.14. The highest BCUT2D eigenvalue weighted by atomic mass is 19.1. The van der Waals surface area contributed by atoms with Crippen molar-refractivity contribution in [2.75, 3.05) is 18.4 Å². The molecule has 0 bridgehead atoms. The van der Waals surface area contributed by atoms with Gasteiger partial charge in [-0.15, -0.1) is 0 Å². The number of anilines is 1. The van der Waals surface area contributed by atoms with Gasteiger partial charge >= 0.3 is 5.97 Å². The molecular weight excluding hydrogens is 251 g/mol. The Hall–Kier alpha value is -1.95. The van der Waals surface area contributed by atoms with Gasteiger partial charge in [-0.05, 0) is 24.7 Å². The zero-order valence-electron chi connectivity index (χ0n) is 10.9. The summed E-state index contributed by atoms with van der Waals surface area (Å²) in [6.45, 7) is 4.97. The molecule has 1 atom stereocenters. The number of aromatic carboxylic acids is 1. The molecule has 104 valence electrons. The molecule has 0 heterocycles. The summed E-state index contributed by atoms with van der Waals surface area (Å²) >= 11 is 0. The van der Waals surface area contributed by atoms with Crippen molar-refractivity contribution in [1.29, 1.82) is 0 Å². The van der Waals surface area contributed by atoms with Crippen molar-refractivity contribution in [3.05, 3.63) is 29.6 Å². The molecule has 0 spiro atoms. The van der Waals surface area contributed by atoms with Crippen molar-refractivity contribution in [3.63, 3.8) is 0 Å². The number of halogens is 1. The summed E-state index contributed by atoms with van der Waals surface area (Å²) in [7, 11) is 0. The van der Waals surface area contributed by atoms with Gasteiger partial charge in [-0.25, -0.2) is 9.18 Å². The predicted octanol–water partition coefficient (Wildman–Crippen LogP) is 1.71. The molecule has 1 aromatic carbocycles. The van der Waals surface area contributed by atoms with E-state index in [4.69, 9.17) is 5.11 Å². The van der Waals surface area contributed by atoms with E-state index in [2.05, 4.69) is 10.6 Å². The first-order chi connectivity index (χ1) is 8.95. The third-order valence-corrected chi connectivity index (χ3v) is 2.62. The molecule has 1 rings (SSSR count). The van der Waals surface area contributed by atoms with Gasteiger partial charge in [0.05, 0.1) is 5.56 Å². The van der Waals surface area contributed by atoms with Crippen LogP contribution in [0.1, 0.15) is 24.2 Å². The Morgan fingerprint density at radius 2 is 2.11 bits per heavy atom. The average molecular weight is 268 g/mol. The minimum Gasteiger partial charge on any atom is -0.478 e. The summed E-state index contributed by atoms with van der Waals surface area (Å²) in [6.07, 6.45) is 0. The summed E-state index contributed by atoms with van der Waals surface area (Å²) in [5.74, 6) is -2.72. The van der Waals surface area contributed by atoms with Crippen LogP contribution >= 0.6 is 0 Å². The largest absolute Gasteiger partial charge is 0.478 e. The number of carbonyl (C=O) groups excluding carboxylic acids is 1. The van der Waals surface area contributed by atoms with E-state index in [1.807, 2.05) is 6.92 Å². The van der Waals surface area contributed by atoms with Gasteiger partial charge in [0.15, 0.2) is 0 Å². The normalized spacial score (nSPS) is 11.9. The van der Waals surface area contributed by atoms with Gasteiger partial charge in [-0.3, -0.25) is 4.79 Å². The van der Waals surface area contributed by atoms with E-state index < -0.39 is 17.3 Å². The Morgan fingerprint density at radius 3 is 2.63 bits per heavy atom. The molecule has 1 amide bonds. The molecule has 6 heteroatoms. The quantitative estimate of drug-likeness (QED) is 0.734. The number of carbonyl (C=O) groups is 2. The van der Waals surface area contributed by atoms with E-state index in [0.717, 1.165) is 18.7 Å². The second-order valence-corrected chi connectivity index (χ2v) is 4.20. The molecule has 0 aromatic heterocycles. The number of carboxylic acid groups (broad SMARTS) is 1. The molecule has 0 saturated carbocycles. The molecule has 0 fully saturated rings. The maximum atomic E-state index is 13.4. The summed E-state index contributed by atoms with van der Waals surface area (Å²) in [6, 6.07) is 3.49. The summed E-state index contributed by atoms with van der Waals surface area (Å²) in [5, 5.41) is 14.3. The van der Waals surface area contributed by atoms with E-state index in [0.29, 0.717) is 6.54 Å². The third-order valence-electron chi connectivity index (χ3n) is 2.62. The van der Waals surface area contributed by atoms with Crippen LogP contribution in [0.3, 0.4) is 0 Å². The first-order valence-corrected chi connectivity index (χ1v) is 6.00. The molecular formula is C13H17FN2O3. The smallest absolute Gasteiger partial charge is 0.338 e. The van der Waals surface area contributed by atoms with Gasteiger partial charge in [0.1, 0.15) is 5.82 Å². The maximum absolute atomic E-state index is 13.4. The third kappa shape index (κ3) is 4.33. The number of hydrogen-bond acceptors (Lipinski definition) is 3. The van der Waals surface area contributed by atoms with E-state index >= 15 is 0 Å². The molecule has 0 saturated heterocycles. The minimum atomic E-state index is -1.34. The fourth-order valence-corrected chi connectivity index (χ4v) is 1.49. The Balaban J connectivity index is 2.70. The summed E-state index contributed by atoms with van der Waals surface area (Å²) < 4.78 is 13.4. The van der Waals surface area contributed by atoms with Gasteiger partial charge in [-0.2, -0.15) is 0 Å². The van der Waals surface area contributed by atoms with Crippen LogP contribution < -0.4 is 10.6 Å². The molecule has 3 N–H and O–H groups in total. The summed E-state index contributed by atoms with van der Waals surface area (Å²) in [5.41, 5.74) is -0.172. The topological polar surface area (TPSA) is 78.4 Å². The lowest BCUT2D eigenvalue weighted by Crippen LogP contribution is -2.30. The first kappa shape index (κ1) is 15.1. The Labute approximate surface area is 110 Å². The van der Waals surface area contributed by atoms with E-state index in [9.17, 15) is 14.0 Å². The monoisotopic (exact) mass is 268 g/mol. The van der Waals surface area contributed by atoms with Crippen molar-refractivity contribution in [3.8, 4) is 0 Å². The van der Waals surface area contributed by atoms with Crippen molar-refractivity contribution in [1.82, 2.24) is 5.32 Å². The average Bonchev–Trinajstić information content (AvgIpc) is 2.35. The lowest BCUT2D eigenvalue weighted by atomic mass is 10.1. The van der Waals surface area contributed by atoms with Crippen LogP contribution in [-0.2, 0) is 4.79 Å². The number of hydrogen-bond donors (Lipinski definition) is 3. The number of amides is 1. The van der Waals surface area contributed by atoms with Crippen LogP contribution in [0.4, 0.5) is 10.1 Å². The molecule has 5 nitrogen and oxygen atoms in total. The van der Waals surface area contributed by atoms with Crippen molar-refractivity contribution >= 4 is 17.6 Å². The molecule has 19 heavy (non-hydrogen) atoms. The molecule has 1 unspecified atom stereocenters. The van der Waals surface area contributed by atoms with Crippen molar-refractivity contribution in [2.24, 2.45) is 5.92 Å². The van der Waals surface area contributed by atoms with Gasteiger partial charge in [0.25, 0.3) is 0 Å². The highest BCUT2D eigenvalue weighted by molar-refractivity contribution is 5.93. The van der Waals surface area contributed by atoms with Gasteiger partial charge in [0.2, 0.25) is 5.91 Å². The van der Waals surface area contributed by atoms with Crippen LogP contribution in [0.2, 0.25) is 0 Å². The van der Waals surface area contributed by atoms with Crippen LogP contribution in [0, 0.1) is 11.7 Å². The zero-order chi connectivity index (χ0) is 14.4. The second kappa shape index (κ2) is 6.84. The van der Waals surface area contributed by atoms with Crippen LogP contribution in [0.15, 0.2) is 18.2 Å². The van der Waals surface area contributed by atoms with Gasteiger partial charge in [-0.1, -0.05) is 13.8 Å². The van der Waals surface area contributed by atoms with E-state index in [1.165, 1.54) is 6.07 Å². The van der Waals surface area contributed by atoms with Crippen molar-refractivity contribution < 1.29 is 19.1 Å². The number of rotatable bonds is 6. The summed E-state index contributed by atoms with van der Waals surface area (Å²) in [4.78, 5) is 22.4. The fraction of sp³-hybridized carbons (Fsp3) is 0.385. The minimum absolute atomic E-state index is 0.246. The number of carboxylic acids is 1. The Kier molecular flexibility index (Phi) is 5.44. The van der Waals surface area contributed by atoms with Crippen LogP contribution in [-0.4, -0.2) is 30.1 Å². The molecule has 0 aliphatic rings. The van der Waals surface area contributed by atoms with Gasteiger partial charge < -0.3 is 15.7 Å². The van der Waals surface area contributed by atoms with E-state index in [1.54, 1.807) is 6.92 Å². The number of nitrogens with one attached hydrogen (secondary N) is 2. The van der Waals surface area contributed by atoms with Crippen LogP contribution in [0.25, 0.3) is 0 Å². The van der Waals surface area contributed by atoms with E-state index in [-0.39, 0.29) is 17.5 Å². The van der Waals surface area contributed by atoms with Crippen LogP contribution in [0.5, 0.6) is 0 Å². The maximum Gasteiger partial charge on any atom is 0.338 e. The van der Waals surface area contributed by atoms with Crippen molar-refractivity contribution in [2.45, 2.75) is 13.8 Å². The number of benzene rings is 1.